The molecule has 8 nitrogen and oxygen atoms in total. The van der Waals surface area contributed by atoms with Gasteiger partial charge in [0.15, 0.2) is 6.10 Å². The van der Waals surface area contributed by atoms with Crippen molar-refractivity contribution >= 4 is 17.7 Å². The number of hydrogen-bond donors (Lipinski definition) is 3. The second-order valence-corrected chi connectivity index (χ2v) is 9.40. The predicted octanol–water partition coefficient (Wildman–Crippen LogP) is 4.64. The van der Waals surface area contributed by atoms with Crippen molar-refractivity contribution in [1.82, 2.24) is 9.88 Å². The molecule has 0 aliphatic carbocycles. The van der Waals surface area contributed by atoms with Gasteiger partial charge in [-0.3, -0.25) is 19.5 Å². The molecule has 2 aromatic carbocycles. The number of anilines is 1. The van der Waals surface area contributed by atoms with Gasteiger partial charge in [-0.1, -0.05) is 74.0 Å². The molecule has 0 spiro atoms. The quantitative estimate of drug-likeness (QED) is 0.363. The maximum Gasteiger partial charge on any atom is 0.416 e. The lowest BCUT2D eigenvalue weighted by Gasteiger charge is -2.29. The number of hydrogen-bond acceptors (Lipinski definition) is 5. The van der Waals surface area contributed by atoms with E-state index in [1.165, 1.54) is 26.0 Å². The number of aliphatic hydroxyl groups is 1. The van der Waals surface area contributed by atoms with Crippen LogP contribution in [0, 0.1) is 12.8 Å². The molecule has 0 bridgehead atoms. The Morgan fingerprint density at radius 3 is 2.23 bits per heavy atom. The molecule has 1 aromatic heterocycles. The summed E-state index contributed by atoms with van der Waals surface area (Å²) in [5.41, 5.74) is 1.60. The van der Waals surface area contributed by atoms with E-state index < -0.39 is 48.3 Å². The van der Waals surface area contributed by atoms with E-state index >= 15 is 0 Å². The summed E-state index contributed by atoms with van der Waals surface area (Å²) >= 11 is 0. The zero-order chi connectivity index (χ0) is 28.7. The van der Waals surface area contributed by atoms with Gasteiger partial charge in [0.05, 0.1) is 11.7 Å². The van der Waals surface area contributed by atoms with Crippen LogP contribution in [-0.2, 0) is 22.7 Å². The van der Waals surface area contributed by atoms with Gasteiger partial charge in [0, 0.05) is 0 Å². The highest BCUT2D eigenvalue weighted by molar-refractivity contribution is 5.85. The molecule has 3 rings (SSSR count). The minimum atomic E-state index is -4.95. The van der Waals surface area contributed by atoms with Crippen LogP contribution in [0.4, 0.5) is 23.7 Å². The van der Waals surface area contributed by atoms with Crippen LogP contribution in [0.5, 0.6) is 0 Å². The molecule has 1 heterocycles. The average molecular weight is 546 g/mol. The van der Waals surface area contributed by atoms with Crippen molar-refractivity contribution in [3.05, 3.63) is 88.2 Å². The first-order chi connectivity index (χ1) is 18.4. The summed E-state index contributed by atoms with van der Waals surface area (Å²) in [7, 11) is 0. The number of ether oxygens (including phenoxy) is 1. The van der Waals surface area contributed by atoms with E-state index in [-0.39, 0.29) is 12.3 Å². The number of carbonyl (C=O) groups is 2. The summed E-state index contributed by atoms with van der Waals surface area (Å²) in [6.45, 7) is 4.02. The lowest BCUT2D eigenvalue weighted by Crippen LogP contribution is -2.53. The van der Waals surface area contributed by atoms with E-state index in [0.29, 0.717) is 11.3 Å². The number of benzene rings is 2. The number of aromatic nitrogens is 1. The van der Waals surface area contributed by atoms with Gasteiger partial charge in [0.2, 0.25) is 5.91 Å². The molecule has 208 valence electrons. The number of alkyl halides is 3. The fourth-order valence-electron chi connectivity index (χ4n) is 3.86. The van der Waals surface area contributed by atoms with Crippen molar-refractivity contribution in [1.29, 1.82) is 0 Å². The van der Waals surface area contributed by atoms with Gasteiger partial charge in [0.25, 0.3) is 5.56 Å². The first-order valence-electron chi connectivity index (χ1n) is 12.2. The number of nitrogens with zero attached hydrogens (tertiary/aromatic N) is 1. The number of nitrogens with one attached hydrogen (secondary N) is 2. The van der Waals surface area contributed by atoms with Gasteiger partial charge in [0.1, 0.15) is 18.8 Å². The van der Waals surface area contributed by atoms with Crippen LogP contribution in [0.3, 0.4) is 0 Å². The van der Waals surface area contributed by atoms with Crippen LogP contribution in [0.25, 0.3) is 11.3 Å². The van der Waals surface area contributed by atoms with Gasteiger partial charge < -0.3 is 15.2 Å². The number of pyridine rings is 1. The Morgan fingerprint density at radius 2 is 1.64 bits per heavy atom. The van der Waals surface area contributed by atoms with E-state index in [4.69, 9.17) is 4.74 Å². The first-order valence-corrected chi connectivity index (χ1v) is 12.2. The van der Waals surface area contributed by atoms with Crippen LogP contribution in [0.2, 0.25) is 0 Å². The zero-order valence-electron chi connectivity index (χ0n) is 21.7. The van der Waals surface area contributed by atoms with Gasteiger partial charge in [-0.2, -0.15) is 13.2 Å². The van der Waals surface area contributed by atoms with Crippen LogP contribution >= 0.6 is 0 Å². The number of carbonyl (C=O) groups excluding carboxylic acids is 2. The Hall–Kier alpha value is -4.12. The molecule has 2 amide bonds. The summed E-state index contributed by atoms with van der Waals surface area (Å²) in [5.74, 6) is -1.68. The molecule has 3 N–H and O–H groups in total. The monoisotopic (exact) mass is 545 g/mol. The molecule has 0 saturated heterocycles. The molecule has 0 aliphatic rings. The topological polar surface area (TPSA) is 110 Å². The third kappa shape index (κ3) is 7.93. The standard InChI is InChI=1S/C28H30F3N3O5/c1-17(2)24(25(36)28(29,30)31)33-23(35)15-34-22(20-11-9-18(3)10-12-20)14-13-21(26(34)37)32-27(38)39-16-19-7-5-4-6-8-19/h4-14,17,24-25,36H,15-16H2,1-3H3,(H,32,38)(H,33,35). The minimum absolute atomic E-state index is 0.0388. The van der Waals surface area contributed by atoms with Crippen molar-refractivity contribution in [2.24, 2.45) is 5.92 Å². The highest BCUT2D eigenvalue weighted by Gasteiger charge is 2.45. The van der Waals surface area contributed by atoms with Crippen LogP contribution < -0.4 is 16.2 Å². The van der Waals surface area contributed by atoms with Crippen molar-refractivity contribution < 1.29 is 32.6 Å². The molecular formula is C28H30F3N3O5. The van der Waals surface area contributed by atoms with Gasteiger partial charge >= 0.3 is 12.3 Å². The molecular weight excluding hydrogens is 515 g/mol. The number of rotatable bonds is 9. The third-order valence-corrected chi connectivity index (χ3v) is 5.99. The lowest BCUT2D eigenvalue weighted by molar-refractivity contribution is -0.215. The van der Waals surface area contributed by atoms with Crippen LogP contribution in [0.15, 0.2) is 71.5 Å². The summed E-state index contributed by atoms with van der Waals surface area (Å²) in [6.07, 6.45) is -8.64. The van der Waals surface area contributed by atoms with E-state index in [2.05, 4.69) is 10.6 Å². The molecule has 3 aromatic rings. The predicted molar refractivity (Wildman–Crippen MR) is 140 cm³/mol. The fourth-order valence-corrected chi connectivity index (χ4v) is 3.86. The Bertz CT molecular complexity index is 1340. The van der Waals surface area contributed by atoms with Gasteiger partial charge in [-0.15, -0.1) is 0 Å². The van der Waals surface area contributed by atoms with Crippen molar-refractivity contribution in [2.45, 2.75) is 52.2 Å². The fraction of sp³-hybridized carbons (Fsp3) is 0.321. The van der Waals surface area contributed by atoms with Gasteiger partial charge in [-0.05, 0) is 36.1 Å². The van der Waals surface area contributed by atoms with Crippen molar-refractivity contribution in [3.8, 4) is 11.3 Å². The van der Waals surface area contributed by atoms with Crippen LogP contribution in [0.1, 0.15) is 25.0 Å². The normalized spacial score (nSPS) is 13.0. The second kappa shape index (κ2) is 12.6. The SMILES string of the molecule is Cc1ccc(-c2ccc(NC(=O)OCc3ccccc3)c(=O)n2CC(=O)NC(C(C)C)C(O)C(F)(F)F)cc1. The summed E-state index contributed by atoms with van der Waals surface area (Å²) < 4.78 is 45.7. The molecule has 2 atom stereocenters. The highest BCUT2D eigenvalue weighted by atomic mass is 19.4. The Balaban J connectivity index is 1.89. The molecule has 0 aliphatic heterocycles. The summed E-state index contributed by atoms with van der Waals surface area (Å²) in [6, 6.07) is 17.2. The molecule has 0 fully saturated rings. The summed E-state index contributed by atoms with van der Waals surface area (Å²) in [5, 5.41) is 14.3. The molecule has 39 heavy (non-hydrogen) atoms. The third-order valence-electron chi connectivity index (χ3n) is 5.99. The molecule has 0 radical (unpaired) electrons. The zero-order valence-corrected chi connectivity index (χ0v) is 21.7. The summed E-state index contributed by atoms with van der Waals surface area (Å²) in [4.78, 5) is 38.6. The molecule has 11 heteroatoms. The maximum atomic E-state index is 13.4. The van der Waals surface area contributed by atoms with E-state index in [1.54, 1.807) is 48.5 Å². The Morgan fingerprint density at radius 1 is 1.00 bits per heavy atom. The van der Waals surface area contributed by atoms with E-state index in [0.717, 1.165) is 15.7 Å². The molecule has 0 saturated carbocycles. The van der Waals surface area contributed by atoms with E-state index in [9.17, 15) is 32.7 Å². The van der Waals surface area contributed by atoms with Crippen LogP contribution in [-0.4, -0.2) is 40.0 Å². The lowest BCUT2D eigenvalue weighted by atomic mass is 9.98. The minimum Gasteiger partial charge on any atom is -0.444 e. The molecule has 2 unspecified atom stereocenters. The number of aryl methyl sites for hydroxylation is 1. The number of aliphatic hydroxyl groups excluding tert-OH is 1. The average Bonchev–Trinajstić information content (AvgIpc) is 2.88. The van der Waals surface area contributed by atoms with Gasteiger partial charge in [-0.25, -0.2) is 4.79 Å². The van der Waals surface area contributed by atoms with E-state index in [1.807, 2.05) is 13.0 Å². The maximum absolute atomic E-state index is 13.4. The Labute approximate surface area is 223 Å². The van der Waals surface area contributed by atoms with Crippen molar-refractivity contribution in [2.75, 3.05) is 5.32 Å². The highest BCUT2D eigenvalue weighted by Crippen LogP contribution is 2.26. The first kappa shape index (κ1) is 29.4. The van der Waals surface area contributed by atoms with Crippen molar-refractivity contribution in [3.63, 3.8) is 0 Å². The number of amides is 2. The largest absolute Gasteiger partial charge is 0.444 e. The smallest absolute Gasteiger partial charge is 0.416 e. The second-order valence-electron chi connectivity index (χ2n) is 9.40. The number of halogens is 3. The Kier molecular flexibility index (Phi) is 9.52.